The van der Waals surface area contributed by atoms with Crippen LogP contribution in [0.2, 0.25) is 0 Å². The van der Waals surface area contributed by atoms with Crippen molar-refractivity contribution in [2.75, 3.05) is 0 Å². The minimum atomic E-state index is 0.447. The van der Waals surface area contributed by atoms with Crippen molar-refractivity contribution in [3.8, 4) is 5.75 Å². The molecule has 25 heavy (non-hydrogen) atoms. The number of ether oxygens (including phenoxy) is 1. The SMILES string of the molecule is C=C(c1ccccc1OCc1cccc2cccnc12)n1ccnc1. The van der Waals surface area contributed by atoms with Gasteiger partial charge in [-0.05, 0) is 18.2 Å². The molecule has 2 heterocycles. The van der Waals surface area contributed by atoms with E-state index >= 15 is 0 Å². The van der Waals surface area contributed by atoms with E-state index < -0.39 is 0 Å². The molecule has 0 N–H and O–H groups in total. The van der Waals surface area contributed by atoms with Gasteiger partial charge in [0.25, 0.3) is 0 Å². The van der Waals surface area contributed by atoms with Crippen LogP contribution >= 0.6 is 0 Å². The smallest absolute Gasteiger partial charge is 0.129 e. The third kappa shape index (κ3) is 3.02. The summed E-state index contributed by atoms with van der Waals surface area (Å²) in [6.45, 7) is 4.61. The van der Waals surface area contributed by atoms with Gasteiger partial charge in [0.2, 0.25) is 0 Å². The van der Waals surface area contributed by atoms with Crippen LogP contribution < -0.4 is 4.74 Å². The zero-order valence-electron chi connectivity index (χ0n) is 13.7. The summed E-state index contributed by atoms with van der Waals surface area (Å²) in [7, 11) is 0. The molecule has 2 aromatic carbocycles. The standard InChI is InChI=1S/C21H17N3O/c1-16(24-13-12-22-15-24)19-9-2-3-10-20(19)25-14-18-7-4-6-17-8-5-11-23-21(17)18/h2-13,15H,1,14H2. The molecule has 0 unspecified atom stereocenters. The predicted octanol–water partition coefficient (Wildman–Crippen LogP) is 4.53. The summed E-state index contributed by atoms with van der Waals surface area (Å²) < 4.78 is 7.99. The number of hydrogen-bond donors (Lipinski definition) is 0. The lowest BCUT2D eigenvalue weighted by Crippen LogP contribution is -2.02. The number of imidazole rings is 1. The van der Waals surface area contributed by atoms with Crippen LogP contribution in [0.25, 0.3) is 16.6 Å². The zero-order valence-corrected chi connectivity index (χ0v) is 13.7. The van der Waals surface area contributed by atoms with Crippen LogP contribution in [0.3, 0.4) is 0 Å². The molecule has 0 atom stereocenters. The van der Waals surface area contributed by atoms with Crippen LogP contribution in [0, 0.1) is 0 Å². The molecule has 2 aromatic heterocycles. The molecule has 0 aliphatic carbocycles. The van der Waals surface area contributed by atoms with Gasteiger partial charge < -0.3 is 9.30 Å². The van der Waals surface area contributed by atoms with Crippen LogP contribution in [0.5, 0.6) is 5.75 Å². The van der Waals surface area contributed by atoms with Gasteiger partial charge in [-0.25, -0.2) is 4.98 Å². The third-order valence-corrected chi connectivity index (χ3v) is 4.11. The summed E-state index contributed by atoms with van der Waals surface area (Å²) in [5.41, 5.74) is 3.79. The van der Waals surface area contributed by atoms with Crippen molar-refractivity contribution in [1.29, 1.82) is 0 Å². The molecule has 4 rings (SSSR count). The number of rotatable bonds is 5. The van der Waals surface area contributed by atoms with Crippen molar-refractivity contribution in [3.63, 3.8) is 0 Å². The molecule has 4 aromatic rings. The van der Waals surface area contributed by atoms with Crippen LogP contribution in [-0.4, -0.2) is 14.5 Å². The Labute approximate surface area is 146 Å². The van der Waals surface area contributed by atoms with Crippen molar-refractivity contribution < 1.29 is 4.74 Å². The third-order valence-electron chi connectivity index (χ3n) is 4.11. The molecule has 0 fully saturated rings. The van der Waals surface area contributed by atoms with E-state index in [9.17, 15) is 0 Å². The van der Waals surface area contributed by atoms with Gasteiger partial charge in [0.05, 0.1) is 17.5 Å². The van der Waals surface area contributed by atoms with Gasteiger partial charge in [-0.1, -0.05) is 43.0 Å². The average molecular weight is 327 g/mol. The molecule has 0 spiro atoms. The molecule has 0 bridgehead atoms. The van der Waals surface area contributed by atoms with E-state index in [0.717, 1.165) is 33.5 Å². The molecule has 0 amide bonds. The molecule has 4 heteroatoms. The Morgan fingerprint density at radius 2 is 1.88 bits per heavy atom. The largest absolute Gasteiger partial charge is 0.488 e. The lowest BCUT2D eigenvalue weighted by atomic mass is 10.1. The predicted molar refractivity (Wildman–Crippen MR) is 99.2 cm³/mol. The Morgan fingerprint density at radius 3 is 2.76 bits per heavy atom. The first-order valence-electron chi connectivity index (χ1n) is 8.05. The van der Waals surface area contributed by atoms with E-state index in [1.165, 1.54) is 0 Å². The molecule has 0 saturated carbocycles. The Balaban J connectivity index is 1.62. The highest BCUT2D eigenvalue weighted by Gasteiger charge is 2.09. The highest BCUT2D eigenvalue weighted by atomic mass is 16.5. The van der Waals surface area contributed by atoms with Crippen LogP contribution in [0.4, 0.5) is 0 Å². The minimum absolute atomic E-state index is 0.447. The normalized spacial score (nSPS) is 10.7. The highest BCUT2D eigenvalue weighted by molar-refractivity contribution is 5.81. The molecule has 0 radical (unpaired) electrons. The second kappa shape index (κ2) is 6.61. The van der Waals surface area contributed by atoms with E-state index in [4.69, 9.17) is 4.74 Å². The average Bonchev–Trinajstić information content (AvgIpc) is 3.21. The summed E-state index contributed by atoms with van der Waals surface area (Å²) >= 11 is 0. The Kier molecular flexibility index (Phi) is 4.01. The van der Waals surface area contributed by atoms with Gasteiger partial charge in [-0.3, -0.25) is 4.98 Å². The maximum absolute atomic E-state index is 6.12. The molecular weight excluding hydrogens is 310 g/mol. The molecular formula is C21H17N3O. The maximum Gasteiger partial charge on any atom is 0.129 e. The summed E-state index contributed by atoms with van der Waals surface area (Å²) in [6, 6.07) is 18.0. The fraction of sp³-hybridized carbons (Fsp3) is 0.0476. The van der Waals surface area contributed by atoms with E-state index in [1.54, 1.807) is 18.7 Å². The Morgan fingerprint density at radius 1 is 1.00 bits per heavy atom. The van der Waals surface area contributed by atoms with Crippen molar-refractivity contribution in [2.24, 2.45) is 0 Å². The lowest BCUT2D eigenvalue weighted by molar-refractivity contribution is 0.306. The number of hydrogen-bond acceptors (Lipinski definition) is 3. The lowest BCUT2D eigenvalue weighted by Gasteiger charge is -2.14. The Bertz CT molecular complexity index is 1020. The number of para-hydroxylation sites is 2. The number of benzene rings is 2. The summed E-state index contributed by atoms with van der Waals surface area (Å²) in [5.74, 6) is 0.786. The monoisotopic (exact) mass is 327 g/mol. The van der Waals surface area contributed by atoms with E-state index in [0.29, 0.717) is 6.61 Å². The zero-order chi connectivity index (χ0) is 17.1. The van der Waals surface area contributed by atoms with Crippen molar-refractivity contribution >= 4 is 16.6 Å². The van der Waals surface area contributed by atoms with Crippen molar-refractivity contribution in [2.45, 2.75) is 6.61 Å². The molecule has 122 valence electrons. The van der Waals surface area contributed by atoms with E-state index in [2.05, 4.69) is 28.7 Å². The number of nitrogens with zero attached hydrogens (tertiary/aromatic N) is 3. The van der Waals surface area contributed by atoms with Gasteiger partial charge >= 0.3 is 0 Å². The van der Waals surface area contributed by atoms with Gasteiger partial charge in [0, 0.05) is 35.1 Å². The summed E-state index contributed by atoms with van der Waals surface area (Å²) in [6.07, 6.45) is 7.14. The van der Waals surface area contributed by atoms with E-state index in [-0.39, 0.29) is 0 Å². The fourth-order valence-electron chi connectivity index (χ4n) is 2.83. The van der Waals surface area contributed by atoms with Crippen molar-refractivity contribution in [3.05, 3.63) is 97.2 Å². The van der Waals surface area contributed by atoms with Gasteiger partial charge in [-0.15, -0.1) is 0 Å². The first kappa shape index (κ1) is 15.1. The quantitative estimate of drug-likeness (QED) is 0.541. The first-order valence-corrected chi connectivity index (χ1v) is 8.05. The van der Waals surface area contributed by atoms with Crippen LogP contribution in [0.15, 0.2) is 86.1 Å². The summed E-state index contributed by atoms with van der Waals surface area (Å²) in [4.78, 5) is 8.56. The minimum Gasteiger partial charge on any atom is -0.488 e. The number of fused-ring (bicyclic) bond motifs is 1. The number of pyridine rings is 1. The van der Waals surface area contributed by atoms with Gasteiger partial charge in [-0.2, -0.15) is 0 Å². The number of aromatic nitrogens is 3. The van der Waals surface area contributed by atoms with E-state index in [1.807, 2.05) is 53.2 Å². The van der Waals surface area contributed by atoms with Gasteiger partial charge in [0.15, 0.2) is 0 Å². The molecule has 0 saturated heterocycles. The first-order chi connectivity index (χ1) is 12.3. The Hall–Kier alpha value is -3.40. The fourth-order valence-corrected chi connectivity index (χ4v) is 2.83. The summed E-state index contributed by atoms with van der Waals surface area (Å²) in [5, 5.41) is 1.11. The maximum atomic E-state index is 6.12. The second-order valence-corrected chi connectivity index (χ2v) is 5.69. The highest BCUT2D eigenvalue weighted by Crippen LogP contribution is 2.27. The van der Waals surface area contributed by atoms with Crippen LogP contribution in [0.1, 0.15) is 11.1 Å². The van der Waals surface area contributed by atoms with Crippen molar-refractivity contribution in [1.82, 2.24) is 14.5 Å². The molecule has 4 nitrogen and oxygen atoms in total. The topological polar surface area (TPSA) is 39.9 Å². The van der Waals surface area contributed by atoms with Crippen LogP contribution in [-0.2, 0) is 6.61 Å². The second-order valence-electron chi connectivity index (χ2n) is 5.69. The molecule has 0 aliphatic rings. The van der Waals surface area contributed by atoms with Gasteiger partial charge in [0.1, 0.15) is 12.4 Å². The molecule has 0 aliphatic heterocycles.